The van der Waals surface area contributed by atoms with E-state index in [0.717, 1.165) is 25.4 Å². The van der Waals surface area contributed by atoms with Crippen molar-refractivity contribution in [2.75, 3.05) is 33.9 Å². The van der Waals surface area contributed by atoms with Crippen LogP contribution in [0.25, 0.3) is 0 Å². The molecule has 0 amide bonds. The third-order valence-corrected chi connectivity index (χ3v) is 5.28. The van der Waals surface area contributed by atoms with Crippen molar-refractivity contribution in [3.8, 4) is 5.75 Å². The standard InChI is InChI=1S/C18H29N3O2/c1-18(2)16(14-6-9-23-17(14)18)20-11-13-5-7-19-12-15(13)22-10-8-21(3)4/h5,7,12,14,16-17,20H,6,8-11H2,1-4H3/t14-,16?,17-/m0/s1. The van der Waals surface area contributed by atoms with Gasteiger partial charge in [0.1, 0.15) is 12.4 Å². The van der Waals surface area contributed by atoms with Crippen molar-refractivity contribution in [1.29, 1.82) is 0 Å². The van der Waals surface area contributed by atoms with Crippen molar-refractivity contribution in [2.24, 2.45) is 11.3 Å². The molecule has 1 aromatic heterocycles. The number of hydrogen-bond donors (Lipinski definition) is 1. The van der Waals surface area contributed by atoms with Gasteiger partial charge < -0.3 is 19.7 Å². The Kier molecular flexibility index (Phi) is 4.90. The lowest BCUT2D eigenvalue weighted by molar-refractivity contribution is -0.113. The molecule has 1 aliphatic heterocycles. The molecule has 1 aromatic rings. The van der Waals surface area contributed by atoms with E-state index in [1.165, 1.54) is 12.0 Å². The van der Waals surface area contributed by atoms with Gasteiger partial charge in [-0.1, -0.05) is 13.8 Å². The van der Waals surface area contributed by atoms with Crippen LogP contribution in [0, 0.1) is 11.3 Å². The van der Waals surface area contributed by atoms with Crippen LogP contribution in [0.15, 0.2) is 18.5 Å². The van der Waals surface area contributed by atoms with Gasteiger partial charge >= 0.3 is 0 Å². The summed E-state index contributed by atoms with van der Waals surface area (Å²) in [5.41, 5.74) is 1.39. The zero-order valence-electron chi connectivity index (χ0n) is 14.7. The van der Waals surface area contributed by atoms with Gasteiger partial charge in [-0.05, 0) is 26.6 Å². The lowest BCUT2D eigenvalue weighted by Gasteiger charge is -2.55. The minimum Gasteiger partial charge on any atom is -0.490 e. The molecule has 0 aromatic carbocycles. The average molecular weight is 319 g/mol. The molecule has 0 bridgehead atoms. The van der Waals surface area contributed by atoms with Crippen molar-refractivity contribution >= 4 is 0 Å². The van der Waals surface area contributed by atoms with Crippen LogP contribution in [0.4, 0.5) is 0 Å². The molecule has 2 heterocycles. The summed E-state index contributed by atoms with van der Waals surface area (Å²) in [7, 11) is 4.10. The minimum atomic E-state index is 0.208. The Balaban J connectivity index is 1.58. The number of nitrogens with one attached hydrogen (secondary N) is 1. The van der Waals surface area contributed by atoms with Crippen LogP contribution < -0.4 is 10.1 Å². The second-order valence-electron chi connectivity index (χ2n) is 7.56. The topological polar surface area (TPSA) is 46.6 Å². The Bertz CT molecular complexity index is 533. The van der Waals surface area contributed by atoms with Crippen LogP contribution in [0.2, 0.25) is 0 Å². The Morgan fingerprint density at radius 3 is 3.04 bits per heavy atom. The van der Waals surface area contributed by atoms with Crippen molar-refractivity contribution in [3.63, 3.8) is 0 Å². The molecule has 1 unspecified atom stereocenters. The summed E-state index contributed by atoms with van der Waals surface area (Å²) in [5.74, 6) is 1.54. The molecule has 0 spiro atoms. The molecule has 3 atom stereocenters. The fourth-order valence-corrected chi connectivity index (χ4v) is 3.98. The number of pyridine rings is 1. The molecule has 3 rings (SSSR count). The van der Waals surface area contributed by atoms with E-state index in [0.29, 0.717) is 24.7 Å². The molecule has 128 valence electrons. The van der Waals surface area contributed by atoms with Crippen molar-refractivity contribution in [1.82, 2.24) is 15.2 Å². The van der Waals surface area contributed by atoms with Gasteiger partial charge in [0.2, 0.25) is 0 Å². The molecule has 1 N–H and O–H groups in total. The Morgan fingerprint density at radius 2 is 2.26 bits per heavy atom. The third kappa shape index (κ3) is 3.37. The zero-order chi connectivity index (χ0) is 16.4. The molecule has 2 fully saturated rings. The van der Waals surface area contributed by atoms with Gasteiger partial charge in [0.15, 0.2) is 0 Å². The van der Waals surface area contributed by atoms with Gasteiger partial charge in [-0.3, -0.25) is 4.98 Å². The molecule has 5 heteroatoms. The quantitative estimate of drug-likeness (QED) is 0.832. The normalized spacial score (nSPS) is 28.5. The van der Waals surface area contributed by atoms with Crippen molar-refractivity contribution < 1.29 is 9.47 Å². The molecular weight excluding hydrogens is 290 g/mol. The third-order valence-electron chi connectivity index (χ3n) is 5.28. The first kappa shape index (κ1) is 16.7. The average Bonchev–Trinajstić information content (AvgIpc) is 2.95. The zero-order valence-corrected chi connectivity index (χ0v) is 14.7. The van der Waals surface area contributed by atoms with Crippen LogP contribution >= 0.6 is 0 Å². The van der Waals surface area contributed by atoms with Crippen LogP contribution in [-0.2, 0) is 11.3 Å². The maximum Gasteiger partial charge on any atom is 0.142 e. The molecule has 1 saturated carbocycles. The largest absolute Gasteiger partial charge is 0.490 e. The van der Waals surface area contributed by atoms with Gasteiger partial charge in [0.05, 0.1) is 12.3 Å². The number of likely N-dealkylation sites (N-methyl/N-ethyl adjacent to an activating group) is 1. The maximum absolute atomic E-state index is 5.90. The second-order valence-corrected chi connectivity index (χ2v) is 7.56. The van der Waals surface area contributed by atoms with Gasteiger partial charge in [-0.2, -0.15) is 0 Å². The molecule has 1 saturated heterocycles. The number of rotatable bonds is 7. The van der Waals surface area contributed by atoms with Crippen LogP contribution in [0.3, 0.4) is 0 Å². The van der Waals surface area contributed by atoms with E-state index in [1.54, 1.807) is 0 Å². The van der Waals surface area contributed by atoms with Crippen LogP contribution in [0.5, 0.6) is 5.75 Å². The summed E-state index contributed by atoms with van der Waals surface area (Å²) in [5, 5.41) is 3.74. The van der Waals surface area contributed by atoms with Gasteiger partial charge in [-0.25, -0.2) is 0 Å². The molecule has 2 aliphatic rings. The number of fused-ring (bicyclic) bond motifs is 1. The number of hydrogen-bond acceptors (Lipinski definition) is 5. The first-order chi connectivity index (χ1) is 11.0. The van der Waals surface area contributed by atoms with E-state index in [4.69, 9.17) is 9.47 Å². The van der Waals surface area contributed by atoms with Gasteiger partial charge in [0, 0.05) is 48.8 Å². The summed E-state index contributed by atoms with van der Waals surface area (Å²) in [6.45, 7) is 7.91. The van der Waals surface area contributed by atoms with Crippen LogP contribution in [0.1, 0.15) is 25.8 Å². The highest BCUT2D eigenvalue weighted by Crippen LogP contribution is 2.52. The number of nitrogens with zero attached hydrogens (tertiary/aromatic N) is 2. The molecule has 23 heavy (non-hydrogen) atoms. The van der Waals surface area contributed by atoms with E-state index in [1.807, 2.05) is 32.6 Å². The maximum atomic E-state index is 5.90. The van der Waals surface area contributed by atoms with Gasteiger partial charge in [0.25, 0.3) is 0 Å². The molecule has 5 nitrogen and oxygen atoms in total. The lowest BCUT2D eigenvalue weighted by Crippen LogP contribution is -2.65. The highest BCUT2D eigenvalue weighted by Gasteiger charge is 2.58. The Morgan fingerprint density at radius 1 is 1.43 bits per heavy atom. The number of aromatic nitrogens is 1. The minimum absolute atomic E-state index is 0.208. The predicted octanol–water partition coefficient (Wildman–Crippen LogP) is 1.93. The molecule has 0 radical (unpaired) electrons. The first-order valence-electron chi connectivity index (χ1n) is 8.55. The fraction of sp³-hybridized carbons (Fsp3) is 0.722. The molecule has 1 aliphatic carbocycles. The molecular formula is C18H29N3O2. The predicted molar refractivity (Wildman–Crippen MR) is 90.5 cm³/mol. The summed E-state index contributed by atoms with van der Waals surface area (Å²) in [6.07, 6.45) is 5.26. The summed E-state index contributed by atoms with van der Waals surface area (Å²) >= 11 is 0. The Hall–Kier alpha value is -1.17. The second kappa shape index (κ2) is 6.75. The van der Waals surface area contributed by atoms with Crippen LogP contribution in [-0.4, -0.2) is 55.9 Å². The van der Waals surface area contributed by atoms with E-state index < -0.39 is 0 Å². The van der Waals surface area contributed by atoms with E-state index >= 15 is 0 Å². The van der Waals surface area contributed by atoms with E-state index in [9.17, 15) is 0 Å². The summed E-state index contributed by atoms with van der Waals surface area (Å²) in [4.78, 5) is 6.32. The summed E-state index contributed by atoms with van der Waals surface area (Å²) < 4.78 is 11.8. The van der Waals surface area contributed by atoms with E-state index in [2.05, 4.69) is 29.0 Å². The first-order valence-corrected chi connectivity index (χ1v) is 8.55. The highest BCUT2D eigenvalue weighted by molar-refractivity contribution is 5.30. The smallest absolute Gasteiger partial charge is 0.142 e. The lowest BCUT2D eigenvalue weighted by atomic mass is 9.57. The van der Waals surface area contributed by atoms with Gasteiger partial charge in [-0.15, -0.1) is 0 Å². The monoisotopic (exact) mass is 319 g/mol. The van der Waals surface area contributed by atoms with Crippen molar-refractivity contribution in [2.45, 2.75) is 39.0 Å². The SMILES string of the molecule is CN(C)CCOc1cnccc1CNC1[C@@H]2CCO[C@@H]2C1(C)C. The Labute approximate surface area is 139 Å². The highest BCUT2D eigenvalue weighted by atomic mass is 16.5. The summed E-state index contributed by atoms with van der Waals surface area (Å²) in [6, 6.07) is 2.56. The van der Waals surface area contributed by atoms with Crippen molar-refractivity contribution in [3.05, 3.63) is 24.0 Å². The van der Waals surface area contributed by atoms with E-state index in [-0.39, 0.29) is 5.41 Å². The fourth-order valence-electron chi connectivity index (χ4n) is 3.98. The number of ether oxygens (including phenoxy) is 2.